The van der Waals surface area contributed by atoms with E-state index < -0.39 is 0 Å². The summed E-state index contributed by atoms with van der Waals surface area (Å²) in [6.45, 7) is 2.84. The van der Waals surface area contributed by atoms with Crippen LogP contribution in [0.4, 0.5) is 5.69 Å². The summed E-state index contributed by atoms with van der Waals surface area (Å²) >= 11 is 0. The quantitative estimate of drug-likeness (QED) is 0.800. The van der Waals surface area contributed by atoms with Crippen LogP contribution in [0.2, 0.25) is 0 Å². The molecule has 1 aromatic carbocycles. The van der Waals surface area contributed by atoms with Gasteiger partial charge < -0.3 is 9.64 Å². The van der Waals surface area contributed by atoms with Gasteiger partial charge in [0.25, 0.3) is 0 Å². The van der Waals surface area contributed by atoms with Crippen LogP contribution in [0.1, 0.15) is 18.4 Å². The smallest absolute Gasteiger partial charge is 0.101 e. The van der Waals surface area contributed by atoms with Gasteiger partial charge in [0.2, 0.25) is 0 Å². The van der Waals surface area contributed by atoms with Crippen LogP contribution < -0.4 is 4.90 Å². The fourth-order valence-electron chi connectivity index (χ4n) is 2.50. The molecule has 1 atom stereocenters. The highest BCUT2D eigenvalue weighted by atomic mass is 16.5. The Morgan fingerprint density at radius 2 is 2.29 bits per heavy atom. The van der Waals surface area contributed by atoms with Crippen LogP contribution >= 0.6 is 0 Å². The number of para-hydroxylation sites is 1. The van der Waals surface area contributed by atoms with E-state index in [-0.39, 0.29) is 0 Å². The molecule has 1 heterocycles. The molecule has 3 nitrogen and oxygen atoms in total. The van der Waals surface area contributed by atoms with Crippen molar-refractivity contribution in [2.24, 2.45) is 5.92 Å². The Kier molecular flexibility index (Phi) is 4.00. The maximum atomic E-state index is 9.12. The summed E-state index contributed by atoms with van der Waals surface area (Å²) in [5.41, 5.74) is 1.83. The average molecular weight is 230 g/mol. The highest BCUT2D eigenvalue weighted by Crippen LogP contribution is 2.25. The zero-order valence-corrected chi connectivity index (χ0v) is 10.2. The van der Waals surface area contributed by atoms with Crippen LogP contribution in [-0.4, -0.2) is 26.8 Å². The summed E-state index contributed by atoms with van der Waals surface area (Å²) in [4.78, 5) is 2.31. The molecule has 0 radical (unpaired) electrons. The number of methoxy groups -OCH3 is 1. The zero-order valence-electron chi connectivity index (χ0n) is 10.2. The van der Waals surface area contributed by atoms with Crippen molar-refractivity contribution in [3.8, 4) is 6.07 Å². The van der Waals surface area contributed by atoms with Crippen molar-refractivity contribution in [3.05, 3.63) is 29.8 Å². The molecule has 0 bridgehead atoms. The van der Waals surface area contributed by atoms with E-state index in [2.05, 4.69) is 11.0 Å². The van der Waals surface area contributed by atoms with Gasteiger partial charge in [-0.1, -0.05) is 12.1 Å². The Balaban J connectivity index is 2.14. The number of hydrogen-bond donors (Lipinski definition) is 0. The Morgan fingerprint density at radius 3 is 3.06 bits per heavy atom. The maximum absolute atomic E-state index is 9.12. The van der Waals surface area contributed by atoms with Crippen LogP contribution in [0, 0.1) is 17.2 Å². The summed E-state index contributed by atoms with van der Waals surface area (Å²) < 4.78 is 5.23. The van der Waals surface area contributed by atoms with Crippen LogP contribution in [0.3, 0.4) is 0 Å². The van der Waals surface area contributed by atoms with Gasteiger partial charge in [0, 0.05) is 20.2 Å². The topological polar surface area (TPSA) is 36.3 Å². The van der Waals surface area contributed by atoms with E-state index >= 15 is 0 Å². The fraction of sp³-hybridized carbons (Fsp3) is 0.500. The predicted octanol–water partition coefficient (Wildman–Crippen LogP) is 2.42. The summed E-state index contributed by atoms with van der Waals surface area (Å²) in [6, 6.07) is 10.1. The van der Waals surface area contributed by atoms with Gasteiger partial charge in [-0.15, -0.1) is 0 Å². The molecule has 2 rings (SSSR count). The van der Waals surface area contributed by atoms with Crippen molar-refractivity contribution in [2.45, 2.75) is 12.8 Å². The Bertz CT molecular complexity index is 409. The molecule has 90 valence electrons. The van der Waals surface area contributed by atoms with E-state index in [1.807, 2.05) is 24.3 Å². The number of anilines is 1. The average Bonchev–Trinajstić information content (AvgIpc) is 2.39. The lowest BCUT2D eigenvalue weighted by molar-refractivity contribution is 0.143. The molecule has 17 heavy (non-hydrogen) atoms. The lowest BCUT2D eigenvalue weighted by Gasteiger charge is -2.34. The second-order valence-corrected chi connectivity index (χ2v) is 4.54. The van der Waals surface area contributed by atoms with Crippen LogP contribution in [0.25, 0.3) is 0 Å². The largest absolute Gasteiger partial charge is 0.384 e. The minimum Gasteiger partial charge on any atom is -0.384 e. The Hall–Kier alpha value is -1.53. The number of rotatable bonds is 3. The first-order valence-corrected chi connectivity index (χ1v) is 6.08. The molecule has 1 aromatic rings. The van der Waals surface area contributed by atoms with Crippen LogP contribution in [0.5, 0.6) is 0 Å². The van der Waals surface area contributed by atoms with E-state index in [1.165, 1.54) is 12.8 Å². The highest BCUT2D eigenvalue weighted by molar-refractivity contribution is 5.59. The first-order valence-electron chi connectivity index (χ1n) is 6.08. The summed E-state index contributed by atoms with van der Waals surface area (Å²) in [5, 5.41) is 9.12. The molecule has 1 aliphatic heterocycles. The Labute approximate surface area is 103 Å². The van der Waals surface area contributed by atoms with Crippen molar-refractivity contribution in [3.63, 3.8) is 0 Å². The number of piperidine rings is 1. The Morgan fingerprint density at radius 1 is 1.47 bits per heavy atom. The third-order valence-corrected chi connectivity index (χ3v) is 3.29. The number of ether oxygens (including phenoxy) is 1. The maximum Gasteiger partial charge on any atom is 0.101 e. The molecule has 1 fully saturated rings. The van der Waals surface area contributed by atoms with E-state index in [9.17, 15) is 0 Å². The van der Waals surface area contributed by atoms with Crippen molar-refractivity contribution in [1.82, 2.24) is 0 Å². The standard InChI is InChI=1S/C14H18N2O/c1-17-11-12-5-4-8-16(10-12)14-7-3-2-6-13(14)9-15/h2-3,6-7,12H,4-5,8,10-11H2,1H3. The van der Waals surface area contributed by atoms with Gasteiger partial charge in [-0.3, -0.25) is 0 Å². The van der Waals surface area contributed by atoms with Gasteiger partial charge in [0.15, 0.2) is 0 Å². The second-order valence-electron chi connectivity index (χ2n) is 4.54. The van der Waals surface area contributed by atoms with Gasteiger partial charge in [-0.05, 0) is 30.9 Å². The molecule has 0 aromatic heterocycles. The first-order chi connectivity index (χ1) is 8.35. The molecule has 0 aliphatic carbocycles. The summed E-state index contributed by atoms with van der Waals surface area (Å²) in [7, 11) is 1.75. The number of benzene rings is 1. The summed E-state index contributed by atoms with van der Waals surface area (Å²) in [5.74, 6) is 0.584. The lowest BCUT2D eigenvalue weighted by atomic mass is 9.98. The van der Waals surface area contributed by atoms with Crippen molar-refractivity contribution < 1.29 is 4.74 Å². The third kappa shape index (κ3) is 2.78. The fourth-order valence-corrected chi connectivity index (χ4v) is 2.50. The monoisotopic (exact) mass is 230 g/mol. The lowest BCUT2D eigenvalue weighted by Crippen LogP contribution is -2.37. The van der Waals surface area contributed by atoms with Crippen molar-refractivity contribution in [1.29, 1.82) is 5.26 Å². The molecule has 0 amide bonds. The van der Waals surface area contributed by atoms with E-state index in [1.54, 1.807) is 7.11 Å². The third-order valence-electron chi connectivity index (χ3n) is 3.29. The van der Waals surface area contributed by atoms with Gasteiger partial charge >= 0.3 is 0 Å². The molecular weight excluding hydrogens is 212 g/mol. The first kappa shape index (κ1) is 11.9. The van der Waals surface area contributed by atoms with Gasteiger partial charge in [-0.2, -0.15) is 5.26 Å². The predicted molar refractivity (Wildman–Crippen MR) is 68.0 cm³/mol. The number of hydrogen-bond acceptors (Lipinski definition) is 3. The number of nitriles is 1. The highest BCUT2D eigenvalue weighted by Gasteiger charge is 2.21. The van der Waals surface area contributed by atoms with Gasteiger partial charge in [0.05, 0.1) is 17.9 Å². The van der Waals surface area contributed by atoms with Crippen LogP contribution in [-0.2, 0) is 4.74 Å². The molecule has 0 spiro atoms. The minimum absolute atomic E-state index is 0.584. The van der Waals surface area contributed by atoms with E-state index in [4.69, 9.17) is 10.00 Å². The van der Waals surface area contributed by atoms with E-state index in [0.29, 0.717) is 5.92 Å². The minimum atomic E-state index is 0.584. The molecule has 1 saturated heterocycles. The van der Waals surface area contributed by atoms with Gasteiger partial charge in [-0.25, -0.2) is 0 Å². The number of nitrogens with zero attached hydrogens (tertiary/aromatic N) is 2. The molecule has 1 aliphatic rings. The molecular formula is C14H18N2O. The van der Waals surface area contributed by atoms with E-state index in [0.717, 1.165) is 30.9 Å². The summed E-state index contributed by atoms with van der Waals surface area (Å²) in [6.07, 6.45) is 2.40. The molecule has 3 heteroatoms. The molecule has 0 N–H and O–H groups in total. The van der Waals surface area contributed by atoms with Gasteiger partial charge in [0.1, 0.15) is 6.07 Å². The van der Waals surface area contributed by atoms with Crippen molar-refractivity contribution in [2.75, 3.05) is 31.7 Å². The zero-order chi connectivity index (χ0) is 12.1. The van der Waals surface area contributed by atoms with Crippen LogP contribution in [0.15, 0.2) is 24.3 Å². The second kappa shape index (κ2) is 5.70. The normalized spacial score (nSPS) is 20.0. The van der Waals surface area contributed by atoms with Crippen molar-refractivity contribution >= 4 is 5.69 Å². The SMILES string of the molecule is COCC1CCCN(c2ccccc2C#N)C1. The molecule has 0 saturated carbocycles. The molecule has 1 unspecified atom stereocenters.